The maximum absolute atomic E-state index is 11.5. The van der Waals surface area contributed by atoms with Crippen molar-refractivity contribution in [3.8, 4) is 0 Å². The van der Waals surface area contributed by atoms with Crippen molar-refractivity contribution in [3.05, 3.63) is 35.5 Å². The summed E-state index contributed by atoms with van der Waals surface area (Å²) in [5, 5.41) is 4.67. The van der Waals surface area contributed by atoms with Gasteiger partial charge in [0.15, 0.2) is 9.84 Å². The minimum atomic E-state index is -2.81. The third-order valence-corrected chi connectivity index (χ3v) is 6.07. The zero-order valence-electron chi connectivity index (χ0n) is 11.9. The molecule has 1 aliphatic heterocycles. The average molecular weight is 292 g/mol. The number of benzene rings is 1. The molecule has 5 heteroatoms. The molecule has 20 heavy (non-hydrogen) atoms. The Labute approximate surface area is 119 Å². The molecule has 0 radical (unpaired) electrons. The minimum absolute atomic E-state index is 0.0948. The molecular weight excluding hydrogens is 272 g/mol. The Morgan fingerprint density at radius 1 is 1.35 bits per heavy atom. The lowest BCUT2D eigenvalue weighted by Gasteiger charge is -2.12. The normalized spacial score (nSPS) is 21.6. The molecule has 0 bridgehead atoms. The second kappa shape index (κ2) is 4.90. The lowest BCUT2D eigenvalue weighted by atomic mass is 10.1. The highest BCUT2D eigenvalue weighted by Gasteiger charge is 2.27. The third kappa shape index (κ3) is 2.36. The van der Waals surface area contributed by atoms with E-state index in [1.54, 1.807) is 0 Å². The Kier molecular flexibility index (Phi) is 3.34. The Hall–Kier alpha value is -1.33. The van der Waals surface area contributed by atoms with Crippen LogP contribution in [0, 0.1) is 6.92 Å². The monoisotopic (exact) mass is 292 g/mol. The smallest absolute Gasteiger partial charge is 0.151 e. The second-order valence-corrected chi connectivity index (χ2v) is 7.86. The van der Waals surface area contributed by atoms with Crippen LogP contribution in [0.1, 0.15) is 17.7 Å². The summed E-state index contributed by atoms with van der Waals surface area (Å²) in [4.78, 5) is 0. The number of fused-ring (bicyclic) bond motifs is 1. The quantitative estimate of drug-likeness (QED) is 0.938. The molecule has 0 spiro atoms. The molecule has 0 amide bonds. The van der Waals surface area contributed by atoms with Crippen LogP contribution in [0.4, 0.5) is 0 Å². The van der Waals surface area contributed by atoms with Crippen molar-refractivity contribution in [1.29, 1.82) is 0 Å². The predicted molar refractivity (Wildman–Crippen MR) is 81.6 cm³/mol. The predicted octanol–water partition coefficient (Wildman–Crippen LogP) is 1.76. The molecule has 4 nitrogen and oxygen atoms in total. The number of aryl methyl sites for hydroxylation is 2. The van der Waals surface area contributed by atoms with Gasteiger partial charge in [-0.1, -0.05) is 18.2 Å². The molecule has 2 aromatic rings. The first-order valence-corrected chi connectivity index (χ1v) is 8.77. The summed E-state index contributed by atoms with van der Waals surface area (Å²) >= 11 is 0. The Morgan fingerprint density at radius 3 is 2.75 bits per heavy atom. The van der Waals surface area contributed by atoms with E-state index in [-0.39, 0.29) is 11.8 Å². The first kappa shape index (κ1) is 13.6. The maximum atomic E-state index is 11.5. The zero-order chi connectivity index (χ0) is 14.3. The number of rotatable bonds is 3. The van der Waals surface area contributed by atoms with Crippen molar-refractivity contribution in [2.24, 2.45) is 7.05 Å². The SMILES string of the molecule is Cc1c(CNC2CCS(=O)(=O)C2)n(C)c2ccccc12. The lowest BCUT2D eigenvalue weighted by Crippen LogP contribution is -2.30. The van der Waals surface area contributed by atoms with E-state index in [2.05, 4.69) is 42.1 Å². The van der Waals surface area contributed by atoms with Gasteiger partial charge in [0.1, 0.15) is 0 Å². The topological polar surface area (TPSA) is 51.1 Å². The average Bonchev–Trinajstić information content (AvgIpc) is 2.88. The molecular formula is C15H20N2O2S. The van der Waals surface area contributed by atoms with Gasteiger partial charge in [-0.15, -0.1) is 0 Å². The molecule has 1 N–H and O–H groups in total. The minimum Gasteiger partial charge on any atom is -0.346 e. The molecule has 0 saturated carbocycles. The summed E-state index contributed by atoms with van der Waals surface area (Å²) in [6.45, 7) is 2.85. The fourth-order valence-electron chi connectivity index (χ4n) is 3.08. The van der Waals surface area contributed by atoms with E-state index in [1.165, 1.54) is 22.2 Å². The van der Waals surface area contributed by atoms with Crippen LogP contribution in [-0.2, 0) is 23.4 Å². The molecule has 0 aliphatic carbocycles. The van der Waals surface area contributed by atoms with Gasteiger partial charge in [-0.05, 0) is 25.0 Å². The van der Waals surface area contributed by atoms with Crippen molar-refractivity contribution in [1.82, 2.24) is 9.88 Å². The van der Waals surface area contributed by atoms with E-state index in [1.807, 2.05) is 6.07 Å². The highest BCUT2D eigenvalue weighted by Crippen LogP contribution is 2.24. The van der Waals surface area contributed by atoms with Crippen molar-refractivity contribution >= 4 is 20.7 Å². The van der Waals surface area contributed by atoms with Crippen LogP contribution >= 0.6 is 0 Å². The van der Waals surface area contributed by atoms with E-state index in [9.17, 15) is 8.42 Å². The number of aromatic nitrogens is 1. The number of hydrogen-bond donors (Lipinski definition) is 1. The summed E-state index contributed by atoms with van der Waals surface area (Å²) in [6, 6.07) is 8.44. The molecule has 1 atom stereocenters. The van der Waals surface area contributed by atoms with Crippen molar-refractivity contribution in [2.75, 3.05) is 11.5 Å². The number of nitrogens with one attached hydrogen (secondary N) is 1. The highest BCUT2D eigenvalue weighted by atomic mass is 32.2. The van der Waals surface area contributed by atoms with E-state index in [0.29, 0.717) is 5.75 Å². The van der Waals surface area contributed by atoms with Crippen LogP contribution < -0.4 is 5.32 Å². The van der Waals surface area contributed by atoms with Gasteiger partial charge in [-0.2, -0.15) is 0 Å². The summed E-state index contributed by atoms with van der Waals surface area (Å²) in [6.07, 6.45) is 0.728. The van der Waals surface area contributed by atoms with E-state index in [0.717, 1.165) is 13.0 Å². The molecule has 2 heterocycles. The van der Waals surface area contributed by atoms with Crippen LogP contribution in [0.15, 0.2) is 24.3 Å². The van der Waals surface area contributed by atoms with Crippen LogP contribution in [-0.4, -0.2) is 30.5 Å². The van der Waals surface area contributed by atoms with Gasteiger partial charge in [0.05, 0.1) is 11.5 Å². The molecule has 1 saturated heterocycles. The highest BCUT2D eigenvalue weighted by molar-refractivity contribution is 7.91. The van der Waals surface area contributed by atoms with Gasteiger partial charge >= 0.3 is 0 Å². The molecule has 3 rings (SSSR count). The number of sulfone groups is 1. The van der Waals surface area contributed by atoms with Crippen molar-refractivity contribution in [2.45, 2.75) is 25.9 Å². The Morgan fingerprint density at radius 2 is 2.10 bits per heavy atom. The molecule has 108 valence electrons. The van der Waals surface area contributed by atoms with E-state index in [4.69, 9.17) is 0 Å². The summed E-state index contributed by atoms with van der Waals surface area (Å²) < 4.78 is 25.2. The van der Waals surface area contributed by atoms with Crippen LogP contribution in [0.3, 0.4) is 0 Å². The van der Waals surface area contributed by atoms with E-state index < -0.39 is 9.84 Å². The molecule has 1 aromatic heterocycles. The fraction of sp³-hybridized carbons (Fsp3) is 0.467. The number of nitrogens with zero attached hydrogens (tertiary/aromatic N) is 1. The van der Waals surface area contributed by atoms with Gasteiger partial charge in [0.25, 0.3) is 0 Å². The van der Waals surface area contributed by atoms with Crippen LogP contribution in [0.5, 0.6) is 0 Å². The summed E-state index contributed by atoms with van der Waals surface area (Å²) in [5.41, 5.74) is 3.73. The van der Waals surface area contributed by atoms with Gasteiger partial charge < -0.3 is 9.88 Å². The number of para-hydroxylation sites is 1. The second-order valence-electron chi connectivity index (χ2n) is 5.63. The van der Waals surface area contributed by atoms with Gasteiger partial charge in [-0.25, -0.2) is 8.42 Å². The molecule has 1 aromatic carbocycles. The van der Waals surface area contributed by atoms with Gasteiger partial charge in [-0.3, -0.25) is 0 Å². The lowest BCUT2D eigenvalue weighted by molar-refractivity contribution is 0.541. The van der Waals surface area contributed by atoms with E-state index >= 15 is 0 Å². The molecule has 1 aliphatic rings. The maximum Gasteiger partial charge on any atom is 0.151 e. The standard InChI is InChI=1S/C15H20N2O2S/c1-11-13-5-3-4-6-14(13)17(2)15(11)9-16-12-7-8-20(18,19)10-12/h3-6,12,16H,7-10H2,1-2H3. The zero-order valence-corrected chi connectivity index (χ0v) is 12.7. The van der Waals surface area contributed by atoms with Crippen molar-refractivity contribution < 1.29 is 8.42 Å². The van der Waals surface area contributed by atoms with Crippen LogP contribution in [0.25, 0.3) is 10.9 Å². The number of hydrogen-bond acceptors (Lipinski definition) is 3. The Bertz CT molecular complexity index is 708. The van der Waals surface area contributed by atoms with Crippen LogP contribution in [0.2, 0.25) is 0 Å². The Balaban J connectivity index is 1.82. The molecule has 1 unspecified atom stereocenters. The third-order valence-electron chi connectivity index (χ3n) is 4.30. The first-order chi connectivity index (χ1) is 9.48. The summed E-state index contributed by atoms with van der Waals surface area (Å²) in [5.74, 6) is 0.592. The van der Waals surface area contributed by atoms with Crippen molar-refractivity contribution in [3.63, 3.8) is 0 Å². The molecule has 1 fully saturated rings. The fourth-order valence-corrected chi connectivity index (χ4v) is 4.79. The largest absolute Gasteiger partial charge is 0.346 e. The van der Waals surface area contributed by atoms with Gasteiger partial charge in [0.2, 0.25) is 0 Å². The summed E-state index contributed by atoms with van der Waals surface area (Å²) in [7, 11) is -0.747. The first-order valence-electron chi connectivity index (χ1n) is 6.94. The van der Waals surface area contributed by atoms with Gasteiger partial charge in [0, 0.05) is 36.2 Å².